The number of nitrogens with zero attached hydrogens (tertiary/aromatic N) is 4. The summed E-state index contributed by atoms with van der Waals surface area (Å²) >= 11 is 5.91. The molecule has 1 atom stereocenters. The highest BCUT2D eigenvalue weighted by atomic mass is 35.5. The number of hydrogen-bond acceptors (Lipinski definition) is 5. The summed E-state index contributed by atoms with van der Waals surface area (Å²) in [5, 5.41) is 0.531. The molecule has 0 saturated carbocycles. The van der Waals surface area contributed by atoms with Gasteiger partial charge in [-0.2, -0.15) is 0 Å². The SMILES string of the molecule is CC1C(=O)N(c2ccc(OC(F)(F)F)cc2)C(=O)N1Cc1ccnc(C(=O)N(C)c2ccc(Cl)cc2)c1. The van der Waals surface area contributed by atoms with Gasteiger partial charge in [-0.1, -0.05) is 11.6 Å². The summed E-state index contributed by atoms with van der Waals surface area (Å²) in [6, 6.07) is 12.8. The Morgan fingerprint density at radius 1 is 1.08 bits per heavy atom. The number of hydrogen-bond donors (Lipinski definition) is 0. The predicted octanol–water partition coefficient (Wildman–Crippen LogP) is 5.27. The lowest BCUT2D eigenvalue weighted by molar-refractivity contribution is -0.274. The molecule has 0 bridgehead atoms. The van der Waals surface area contributed by atoms with E-state index in [9.17, 15) is 27.6 Å². The summed E-state index contributed by atoms with van der Waals surface area (Å²) in [5.41, 5.74) is 1.41. The maximum Gasteiger partial charge on any atom is 0.573 e. The summed E-state index contributed by atoms with van der Waals surface area (Å²) < 4.78 is 41.1. The second-order valence-corrected chi connectivity index (χ2v) is 8.63. The van der Waals surface area contributed by atoms with Crippen molar-refractivity contribution in [1.29, 1.82) is 0 Å². The molecule has 2 aromatic carbocycles. The standard InChI is InChI=1S/C25H20ClF3N4O4/c1-15-22(34)33(19-7-9-20(10-8-19)37-25(27,28)29)24(36)32(15)14-16-11-12-30-21(13-16)23(35)31(2)18-5-3-17(26)4-6-18/h3-13,15H,14H2,1-2H3. The highest BCUT2D eigenvalue weighted by Gasteiger charge is 2.43. The van der Waals surface area contributed by atoms with E-state index in [0.717, 1.165) is 17.0 Å². The smallest absolute Gasteiger partial charge is 0.406 e. The molecule has 1 unspecified atom stereocenters. The summed E-state index contributed by atoms with van der Waals surface area (Å²) in [7, 11) is 1.59. The molecule has 1 saturated heterocycles. The Kier molecular flexibility index (Phi) is 7.08. The highest BCUT2D eigenvalue weighted by Crippen LogP contribution is 2.30. The topological polar surface area (TPSA) is 83.0 Å². The Morgan fingerprint density at radius 2 is 1.73 bits per heavy atom. The number of anilines is 2. The van der Waals surface area contributed by atoms with Crippen LogP contribution in [0.3, 0.4) is 0 Å². The van der Waals surface area contributed by atoms with E-state index in [1.807, 2.05) is 0 Å². The van der Waals surface area contributed by atoms with Gasteiger partial charge in [0.25, 0.3) is 11.8 Å². The van der Waals surface area contributed by atoms with Crippen LogP contribution in [0.2, 0.25) is 5.02 Å². The van der Waals surface area contributed by atoms with Crippen molar-refractivity contribution in [2.45, 2.75) is 25.9 Å². The summed E-state index contributed by atoms with van der Waals surface area (Å²) in [4.78, 5) is 46.6. The van der Waals surface area contributed by atoms with Crippen molar-refractivity contribution in [3.05, 3.63) is 83.1 Å². The normalized spacial score (nSPS) is 15.8. The van der Waals surface area contributed by atoms with E-state index in [1.54, 1.807) is 44.3 Å². The van der Waals surface area contributed by atoms with Crippen LogP contribution in [-0.4, -0.2) is 47.2 Å². The van der Waals surface area contributed by atoms with E-state index < -0.39 is 30.1 Å². The van der Waals surface area contributed by atoms with Crippen LogP contribution < -0.4 is 14.5 Å². The minimum Gasteiger partial charge on any atom is -0.406 e. The molecule has 1 aromatic heterocycles. The number of imide groups is 1. The lowest BCUT2D eigenvalue weighted by atomic mass is 10.2. The van der Waals surface area contributed by atoms with Crippen molar-refractivity contribution in [3.8, 4) is 5.75 Å². The fraction of sp³-hybridized carbons (Fsp3) is 0.200. The number of carbonyl (C=O) groups excluding carboxylic acids is 3. The molecule has 0 N–H and O–H groups in total. The third-order valence-corrected chi connectivity index (χ3v) is 5.98. The number of benzene rings is 2. The Bertz CT molecular complexity index is 1330. The lowest BCUT2D eigenvalue weighted by Crippen LogP contribution is -2.33. The molecule has 192 valence electrons. The van der Waals surface area contributed by atoms with Gasteiger partial charge in [-0.25, -0.2) is 9.69 Å². The van der Waals surface area contributed by atoms with Crippen LogP contribution in [0.1, 0.15) is 23.0 Å². The molecule has 1 aliphatic rings. The number of amides is 4. The van der Waals surface area contributed by atoms with Crippen molar-refractivity contribution in [2.75, 3.05) is 16.8 Å². The Morgan fingerprint density at radius 3 is 2.35 bits per heavy atom. The molecule has 1 fully saturated rings. The minimum absolute atomic E-state index is 0.00493. The average molecular weight is 533 g/mol. The largest absolute Gasteiger partial charge is 0.573 e. The Labute approximate surface area is 214 Å². The first kappa shape index (κ1) is 26.0. The number of pyridine rings is 1. The number of carbonyl (C=O) groups is 3. The van der Waals surface area contributed by atoms with Crippen LogP contribution in [0.5, 0.6) is 5.75 Å². The molecule has 0 spiro atoms. The first-order valence-electron chi connectivity index (χ1n) is 10.9. The van der Waals surface area contributed by atoms with Gasteiger partial charge < -0.3 is 14.5 Å². The van der Waals surface area contributed by atoms with Crippen LogP contribution in [0.25, 0.3) is 0 Å². The quantitative estimate of drug-likeness (QED) is 0.404. The van der Waals surface area contributed by atoms with Crippen molar-refractivity contribution in [3.63, 3.8) is 0 Å². The predicted molar refractivity (Wildman–Crippen MR) is 129 cm³/mol. The van der Waals surface area contributed by atoms with Crippen molar-refractivity contribution in [1.82, 2.24) is 9.88 Å². The molecule has 1 aliphatic heterocycles. The van der Waals surface area contributed by atoms with Gasteiger partial charge in [0, 0.05) is 30.5 Å². The van der Waals surface area contributed by atoms with E-state index in [-0.39, 0.29) is 23.8 Å². The molecule has 0 radical (unpaired) electrons. The van der Waals surface area contributed by atoms with Gasteiger partial charge in [-0.3, -0.25) is 14.6 Å². The second kappa shape index (κ2) is 10.1. The van der Waals surface area contributed by atoms with Gasteiger partial charge in [0.05, 0.1) is 5.69 Å². The zero-order valence-electron chi connectivity index (χ0n) is 19.6. The van der Waals surface area contributed by atoms with Crippen LogP contribution in [0, 0.1) is 0 Å². The second-order valence-electron chi connectivity index (χ2n) is 8.19. The summed E-state index contributed by atoms with van der Waals surface area (Å²) in [5.74, 6) is -1.40. The highest BCUT2D eigenvalue weighted by molar-refractivity contribution is 6.30. The molecular weight excluding hydrogens is 513 g/mol. The fourth-order valence-electron chi connectivity index (χ4n) is 3.79. The van der Waals surface area contributed by atoms with E-state index in [1.165, 1.54) is 34.2 Å². The van der Waals surface area contributed by atoms with Crippen LogP contribution in [-0.2, 0) is 11.3 Å². The monoisotopic (exact) mass is 532 g/mol. The van der Waals surface area contributed by atoms with Crippen LogP contribution in [0.4, 0.5) is 29.3 Å². The number of alkyl halides is 3. The molecule has 3 aromatic rings. The maximum absolute atomic E-state index is 13.1. The van der Waals surface area contributed by atoms with Gasteiger partial charge in [-0.15, -0.1) is 13.2 Å². The fourth-order valence-corrected chi connectivity index (χ4v) is 3.91. The zero-order valence-corrected chi connectivity index (χ0v) is 20.3. The van der Waals surface area contributed by atoms with Gasteiger partial charge >= 0.3 is 12.4 Å². The van der Waals surface area contributed by atoms with E-state index in [2.05, 4.69) is 9.72 Å². The molecular formula is C25H20ClF3N4O4. The third-order valence-electron chi connectivity index (χ3n) is 5.73. The molecule has 2 heterocycles. The Balaban J connectivity index is 1.50. The first-order chi connectivity index (χ1) is 17.4. The van der Waals surface area contributed by atoms with E-state index >= 15 is 0 Å². The molecule has 12 heteroatoms. The lowest BCUT2D eigenvalue weighted by Gasteiger charge is -2.20. The van der Waals surface area contributed by atoms with Gasteiger partial charge in [0.1, 0.15) is 17.5 Å². The molecule has 4 rings (SSSR count). The van der Waals surface area contributed by atoms with Crippen LogP contribution >= 0.6 is 11.6 Å². The van der Waals surface area contributed by atoms with Crippen molar-refractivity contribution < 1.29 is 32.3 Å². The molecule has 4 amide bonds. The molecule has 8 nitrogen and oxygen atoms in total. The number of rotatable bonds is 6. The average Bonchev–Trinajstić information content (AvgIpc) is 3.06. The molecule has 37 heavy (non-hydrogen) atoms. The minimum atomic E-state index is -4.86. The van der Waals surface area contributed by atoms with E-state index in [0.29, 0.717) is 16.3 Å². The number of halogens is 4. The van der Waals surface area contributed by atoms with Gasteiger partial charge in [0.2, 0.25) is 0 Å². The number of ether oxygens (including phenoxy) is 1. The Hall–Kier alpha value is -4.12. The zero-order chi connectivity index (χ0) is 26.9. The number of aromatic nitrogens is 1. The van der Waals surface area contributed by atoms with Gasteiger partial charge in [0.15, 0.2) is 0 Å². The third kappa shape index (κ3) is 5.67. The van der Waals surface area contributed by atoms with Crippen LogP contribution in [0.15, 0.2) is 66.9 Å². The summed E-state index contributed by atoms with van der Waals surface area (Å²) in [6.45, 7) is 1.55. The van der Waals surface area contributed by atoms with Gasteiger partial charge in [-0.05, 0) is 73.2 Å². The maximum atomic E-state index is 13.1. The van der Waals surface area contributed by atoms with E-state index in [4.69, 9.17) is 11.6 Å². The van der Waals surface area contributed by atoms with Crippen molar-refractivity contribution >= 4 is 40.8 Å². The number of urea groups is 1. The van der Waals surface area contributed by atoms with Crippen molar-refractivity contribution in [2.24, 2.45) is 0 Å². The molecule has 0 aliphatic carbocycles. The summed E-state index contributed by atoms with van der Waals surface area (Å²) in [6.07, 6.45) is -3.43. The first-order valence-corrected chi connectivity index (χ1v) is 11.3.